The fourth-order valence-corrected chi connectivity index (χ4v) is 1.78. The first kappa shape index (κ1) is 11.6. The summed E-state index contributed by atoms with van der Waals surface area (Å²) in [4.78, 5) is 7.41. The van der Waals surface area contributed by atoms with Crippen LogP contribution in [0.4, 0.5) is 0 Å². The lowest BCUT2D eigenvalue weighted by molar-refractivity contribution is 0.417. The highest BCUT2D eigenvalue weighted by molar-refractivity contribution is 14.1. The summed E-state index contributed by atoms with van der Waals surface area (Å²) < 4.78 is 6.31. The van der Waals surface area contributed by atoms with E-state index in [4.69, 9.17) is 4.52 Å². The average molecular weight is 332 g/mol. The zero-order valence-electron chi connectivity index (χ0n) is 9.12. The van der Waals surface area contributed by atoms with Gasteiger partial charge in [-0.3, -0.25) is 0 Å². The van der Waals surface area contributed by atoms with Crippen molar-refractivity contribution < 1.29 is 4.52 Å². The largest absolute Gasteiger partial charge is 0.356 e. The van der Waals surface area contributed by atoms with E-state index in [1.165, 1.54) is 0 Å². The second-order valence-corrected chi connectivity index (χ2v) is 4.89. The van der Waals surface area contributed by atoms with Gasteiger partial charge in [0.2, 0.25) is 0 Å². The quantitative estimate of drug-likeness (QED) is 0.839. The van der Waals surface area contributed by atoms with Crippen LogP contribution in [-0.4, -0.2) is 28.2 Å². The normalized spacial score (nSPS) is 12.9. The van der Waals surface area contributed by atoms with Gasteiger partial charge in [-0.25, -0.2) is 0 Å². The molecule has 86 valence electrons. The number of nitrogens with one attached hydrogen (secondary N) is 2. The van der Waals surface area contributed by atoms with E-state index in [-0.39, 0.29) is 0 Å². The van der Waals surface area contributed by atoms with Crippen molar-refractivity contribution in [3.63, 3.8) is 0 Å². The first-order valence-corrected chi connectivity index (χ1v) is 6.11. The summed E-state index contributed by atoms with van der Waals surface area (Å²) in [5.74, 6) is 1.27. The van der Waals surface area contributed by atoms with E-state index in [1.54, 1.807) is 0 Å². The summed E-state index contributed by atoms with van der Waals surface area (Å²) in [6.45, 7) is 2.08. The van der Waals surface area contributed by atoms with Gasteiger partial charge in [0.05, 0.1) is 0 Å². The van der Waals surface area contributed by atoms with E-state index in [0.29, 0.717) is 11.9 Å². The van der Waals surface area contributed by atoms with Gasteiger partial charge in [-0.05, 0) is 42.6 Å². The number of aromatic amines is 1. The fraction of sp³-hybridized carbons (Fsp3) is 0.400. The SMILES string of the molecule is CNC(C)Cc1noc(-c2cc(I)c[nH]2)n1. The minimum absolute atomic E-state index is 0.342. The second kappa shape index (κ2) is 4.96. The molecule has 16 heavy (non-hydrogen) atoms. The van der Waals surface area contributed by atoms with Crippen LogP contribution in [0.5, 0.6) is 0 Å². The zero-order valence-corrected chi connectivity index (χ0v) is 11.3. The lowest BCUT2D eigenvalue weighted by Gasteiger charge is -2.04. The molecule has 0 saturated heterocycles. The van der Waals surface area contributed by atoms with Crippen molar-refractivity contribution in [1.29, 1.82) is 0 Å². The maximum absolute atomic E-state index is 5.19. The number of halogens is 1. The molecule has 0 aromatic carbocycles. The Labute approximate surface area is 107 Å². The van der Waals surface area contributed by atoms with Crippen molar-refractivity contribution in [2.24, 2.45) is 0 Å². The number of nitrogens with zero attached hydrogens (tertiary/aromatic N) is 2. The number of hydrogen-bond donors (Lipinski definition) is 2. The average Bonchev–Trinajstić information content (AvgIpc) is 2.87. The molecule has 0 fully saturated rings. The van der Waals surface area contributed by atoms with Crippen molar-refractivity contribution in [2.45, 2.75) is 19.4 Å². The molecular formula is C10H13IN4O. The summed E-state index contributed by atoms with van der Waals surface area (Å²) in [6, 6.07) is 2.31. The zero-order chi connectivity index (χ0) is 11.5. The monoisotopic (exact) mass is 332 g/mol. The van der Waals surface area contributed by atoms with E-state index >= 15 is 0 Å². The molecule has 0 aliphatic carbocycles. The highest BCUT2D eigenvalue weighted by Crippen LogP contribution is 2.18. The van der Waals surface area contributed by atoms with Gasteiger partial charge in [-0.2, -0.15) is 4.98 Å². The molecule has 5 nitrogen and oxygen atoms in total. The molecule has 1 unspecified atom stereocenters. The highest BCUT2D eigenvalue weighted by atomic mass is 127. The van der Waals surface area contributed by atoms with Gasteiger partial charge in [-0.1, -0.05) is 5.16 Å². The molecule has 2 rings (SSSR count). The van der Waals surface area contributed by atoms with Crippen LogP contribution >= 0.6 is 22.6 Å². The molecule has 0 bridgehead atoms. The number of likely N-dealkylation sites (N-methyl/N-ethyl adjacent to an activating group) is 1. The fourth-order valence-electron chi connectivity index (χ4n) is 1.31. The molecule has 0 aliphatic heterocycles. The minimum atomic E-state index is 0.342. The molecule has 2 aromatic heterocycles. The van der Waals surface area contributed by atoms with E-state index in [0.717, 1.165) is 21.5 Å². The van der Waals surface area contributed by atoms with Gasteiger partial charge >= 0.3 is 0 Å². The van der Waals surface area contributed by atoms with Crippen LogP contribution in [-0.2, 0) is 6.42 Å². The predicted octanol–water partition coefficient (Wildman–Crippen LogP) is 1.82. The van der Waals surface area contributed by atoms with E-state index in [9.17, 15) is 0 Å². The molecule has 0 spiro atoms. The third kappa shape index (κ3) is 2.62. The van der Waals surface area contributed by atoms with Crippen molar-refractivity contribution >= 4 is 22.6 Å². The lowest BCUT2D eigenvalue weighted by atomic mass is 10.2. The maximum Gasteiger partial charge on any atom is 0.274 e. The highest BCUT2D eigenvalue weighted by Gasteiger charge is 2.12. The lowest BCUT2D eigenvalue weighted by Crippen LogP contribution is -2.24. The Morgan fingerprint density at radius 2 is 2.44 bits per heavy atom. The number of hydrogen-bond acceptors (Lipinski definition) is 4. The van der Waals surface area contributed by atoms with Crippen LogP contribution in [0, 0.1) is 3.57 Å². The molecule has 0 aliphatic rings. The molecular weight excluding hydrogens is 319 g/mol. The van der Waals surface area contributed by atoms with Crippen LogP contribution in [0.25, 0.3) is 11.6 Å². The molecule has 1 atom stereocenters. The Kier molecular flexibility index (Phi) is 3.59. The number of aromatic nitrogens is 3. The van der Waals surface area contributed by atoms with E-state index in [2.05, 4.69) is 50.0 Å². The van der Waals surface area contributed by atoms with Crippen LogP contribution in [0.15, 0.2) is 16.8 Å². The Balaban J connectivity index is 2.13. The Morgan fingerprint density at radius 1 is 1.62 bits per heavy atom. The molecule has 2 N–H and O–H groups in total. The third-order valence-electron chi connectivity index (χ3n) is 2.33. The number of H-pyrrole nitrogens is 1. The van der Waals surface area contributed by atoms with Crippen LogP contribution in [0.2, 0.25) is 0 Å². The van der Waals surface area contributed by atoms with Gasteiger partial charge in [0, 0.05) is 22.2 Å². The van der Waals surface area contributed by atoms with Crippen LogP contribution in [0.3, 0.4) is 0 Å². The van der Waals surface area contributed by atoms with Crippen LogP contribution in [0.1, 0.15) is 12.7 Å². The standard InChI is InChI=1S/C10H13IN4O/c1-6(12-2)3-9-14-10(16-15-9)8-4-7(11)5-13-8/h4-6,12-13H,3H2,1-2H3. The molecule has 2 heterocycles. The smallest absolute Gasteiger partial charge is 0.274 e. The molecule has 0 amide bonds. The second-order valence-electron chi connectivity index (χ2n) is 3.64. The Bertz CT molecular complexity index is 465. The van der Waals surface area contributed by atoms with Gasteiger partial charge in [0.25, 0.3) is 5.89 Å². The van der Waals surface area contributed by atoms with Crippen LogP contribution < -0.4 is 5.32 Å². The molecule has 0 radical (unpaired) electrons. The van der Waals surface area contributed by atoms with Gasteiger partial charge < -0.3 is 14.8 Å². The van der Waals surface area contributed by atoms with Crippen molar-refractivity contribution in [3.8, 4) is 11.6 Å². The molecule has 6 heteroatoms. The predicted molar refractivity (Wildman–Crippen MR) is 69.0 cm³/mol. The van der Waals surface area contributed by atoms with Crippen molar-refractivity contribution in [2.75, 3.05) is 7.05 Å². The van der Waals surface area contributed by atoms with E-state index < -0.39 is 0 Å². The summed E-state index contributed by atoms with van der Waals surface area (Å²) in [5, 5.41) is 7.08. The molecule has 0 saturated carbocycles. The number of rotatable bonds is 4. The minimum Gasteiger partial charge on any atom is -0.356 e. The van der Waals surface area contributed by atoms with Gasteiger partial charge in [0.15, 0.2) is 5.82 Å². The third-order valence-corrected chi connectivity index (χ3v) is 2.95. The van der Waals surface area contributed by atoms with Gasteiger partial charge in [0.1, 0.15) is 5.69 Å². The van der Waals surface area contributed by atoms with Crippen molar-refractivity contribution in [3.05, 3.63) is 21.7 Å². The summed E-state index contributed by atoms with van der Waals surface area (Å²) >= 11 is 2.23. The summed E-state index contributed by atoms with van der Waals surface area (Å²) in [7, 11) is 1.92. The molecule has 2 aromatic rings. The maximum atomic E-state index is 5.19. The first-order valence-electron chi connectivity index (χ1n) is 5.03. The Hall–Kier alpha value is -0.890. The van der Waals surface area contributed by atoms with E-state index in [1.807, 2.05) is 19.3 Å². The topological polar surface area (TPSA) is 66.7 Å². The summed E-state index contributed by atoms with van der Waals surface area (Å²) in [6.07, 6.45) is 2.66. The van der Waals surface area contributed by atoms with Gasteiger partial charge in [-0.15, -0.1) is 0 Å². The van der Waals surface area contributed by atoms with Crippen molar-refractivity contribution in [1.82, 2.24) is 20.4 Å². The Morgan fingerprint density at radius 3 is 3.06 bits per heavy atom. The summed E-state index contributed by atoms with van der Waals surface area (Å²) in [5.41, 5.74) is 0.861. The first-order chi connectivity index (χ1) is 7.69.